The molecule has 7 heteroatoms. The van der Waals surface area contributed by atoms with Gasteiger partial charge in [0.05, 0.1) is 10.5 Å². The number of esters is 1. The third kappa shape index (κ3) is 3.53. The van der Waals surface area contributed by atoms with E-state index < -0.39 is 17.0 Å². The SMILES string of the molecule is Cc1ccc(C(=O)O[C@@H](C)C(=O)N(C)C)cc1[N+](=O)[O-]. The predicted octanol–water partition coefficient (Wildman–Crippen LogP) is 1.54. The Hall–Kier alpha value is -2.44. The number of amides is 1. The highest BCUT2D eigenvalue weighted by Gasteiger charge is 2.22. The number of rotatable bonds is 4. The second kappa shape index (κ2) is 6.14. The lowest BCUT2D eigenvalue weighted by Gasteiger charge is -2.17. The van der Waals surface area contributed by atoms with Gasteiger partial charge in [0.15, 0.2) is 6.10 Å². The zero-order valence-electron chi connectivity index (χ0n) is 11.7. The summed E-state index contributed by atoms with van der Waals surface area (Å²) in [5.74, 6) is -1.13. The van der Waals surface area contributed by atoms with Crippen LogP contribution in [0.15, 0.2) is 18.2 Å². The maximum absolute atomic E-state index is 11.9. The minimum atomic E-state index is -0.946. The number of nitrogens with zero attached hydrogens (tertiary/aromatic N) is 2. The van der Waals surface area contributed by atoms with Crippen LogP contribution in [0.3, 0.4) is 0 Å². The molecule has 0 heterocycles. The Morgan fingerprint density at radius 3 is 2.45 bits per heavy atom. The summed E-state index contributed by atoms with van der Waals surface area (Å²) in [6, 6.07) is 4.04. The van der Waals surface area contributed by atoms with Crippen molar-refractivity contribution in [3.8, 4) is 0 Å². The van der Waals surface area contributed by atoms with Gasteiger partial charge in [0, 0.05) is 25.7 Å². The molecule has 0 aliphatic rings. The third-order valence-corrected chi connectivity index (χ3v) is 2.71. The van der Waals surface area contributed by atoms with Crippen LogP contribution in [-0.4, -0.2) is 41.9 Å². The minimum absolute atomic E-state index is 0.0423. The van der Waals surface area contributed by atoms with Gasteiger partial charge < -0.3 is 9.64 Å². The van der Waals surface area contributed by atoms with Gasteiger partial charge in [-0.25, -0.2) is 4.79 Å². The smallest absolute Gasteiger partial charge is 0.339 e. The topological polar surface area (TPSA) is 89.8 Å². The van der Waals surface area contributed by atoms with E-state index in [0.717, 1.165) is 6.07 Å². The summed E-state index contributed by atoms with van der Waals surface area (Å²) in [5.41, 5.74) is 0.329. The van der Waals surface area contributed by atoms with Crippen molar-refractivity contribution in [2.45, 2.75) is 20.0 Å². The molecule has 1 aromatic carbocycles. The molecule has 7 nitrogen and oxygen atoms in total. The molecule has 0 unspecified atom stereocenters. The molecule has 1 atom stereocenters. The molecule has 0 spiro atoms. The van der Waals surface area contributed by atoms with Crippen molar-refractivity contribution in [2.75, 3.05) is 14.1 Å². The van der Waals surface area contributed by atoms with Crippen molar-refractivity contribution < 1.29 is 19.2 Å². The van der Waals surface area contributed by atoms with Crippen LogP contribution in [-0.2, 0) is 9.53 Å². The summed E-state index contributed by atoms with van der Waals surface area (Å²) in [5, 5.41) is 10.8. The molecule has 0 saturated carbocycles. The highest BCUT2D eigenvalue weighted by Crippen LogP contribution is 2.20. The summed E-state index contributed by atoms with van der Waals surface area (Å²) >= 11 is 0. The summed E-state index contributed by atoms with van der Waals surface area (Å²) in [4.78, 5) is 35.0. The Morgan fingerprint density at radius 1 is 1.35 bits per heavy atom. The summed E-state index contributed by atoms with van der Waals surface area (Å²) in [6.45, 7) is 3.02. The van der Waals surface area contributed by atoms with Crippen molar-refractivity contribution in [3.63, 3.8) is 0 Å². The molecule has 1 rings (SSSR count). The minimum Gasteiger partial charge on any atom is -0.449 e. The fourth-order valence-corrected chi connectivity index (χ4v) is 1.58. The number of carbonyl (C=O) groups is 2. The normalized spacial score (nSPS) is 11.6. The Kier molecular flexibility index (Phi) is 4.79. The molecule has 0 bridgehead atoms. The van der Waals surface area contributed by atoms with E-state index in [9.17, 15) is 19.7 Å². The number of hydrogen-bond donors (Lipinski definition) is 0. The van der Waals surface area contributed by atoms with Crippen molar-refractivity contribution in [3.05, 3.63) is 39.4 Å². The monoisotopic (exact) mass is 280 g/mol. The van der Waals surface area contributed by atoms with Crippen LogP contribution in [0.5, 0.6) is 0 Å². The molecule has 0 aromatic heterocycles. The van der Waals surface area contributed by atoms with E-state index in [4.69, 9.17) is 4.74 Å². The van der Waals surface area contributed by atoms with Crippen LogP contribution in [0.1, 0.15) is 22.8 Å². The van der Waals surface area contributed by atoms with Gasteiger partial charge in [0.25, 0.3) is 11.6 Å². The van der Waals surface area contributed by atoms with E-state index in [1.54, 1.807) is 21.0 Å². The Balaban J connectivity index is 2.91. The lowest BCUT2D eigenvalue weighted by Crippen LogP contribution is -2.34. The first-order valence-corrected chi connectivity index (χ1v) is 5.91. The van der Waals surface area contributed by atoms with Gasteiger partial charge in [0.1, 0.15) is 0 Å². The summed E-state index contributed by atoms with van der Waals surface area (Å²) in [6.07, 6.45) is -0.946. The second-order valence-corrected chi connectivity index (χ2v) is 4.54. The van der Waals surface area contributed by atoms with E-state index >= 15 is 0 Å². The molecular formula is C13H16N2O5. The number of carbonyl (C=O) groups excluding carboxylic acids is 2. The zero-order chi connectivity index (χ0) is 15.4. The van der Waals surface area contributed by atoms with Gasteiger partial charge >= 0.3 is 5.97 Å². The fourth-order valence-electron chi connectivity index (χ4n) is 1.58. The van der Waals surface area contributed by atoms with Crippen LogP contribution in [0.4, 0.5) is 5.69 Å². The molecular weight excluding hydrogens is 264 g/mol. The van der Waals surface area contributed by atoms with Crippen LogP contribution in [0.25, 0.3) is 0 Å². The van der Waals surface area contributed by atoms with Crippen LogP contribution < -0.4 is 0 Å². The number of aryl methyl sites for hydroxylation is 1. The Bertz CT molecular complexity index is 554. The van der Waals surface area contributed by atoms with E-state index in [1.807, 2.05) is 0 Å². The second-order valence-electron chi connectivity index (χ2n) is 4.54. The van der Waals surface area contributed by atoms with Crippen molar-refractivity contribution in [1.82, 2.24) is 4.90 Å². The first-order valence-electron chi connectivity index (χ1n) is 5.91. The molecule has 0 aliphatic carbocycles. The number of nitro benzene ring substituents is 1. The molecule has 0 N–H and O–H groups in total. The van der Waals surface area contributed by atoms with E-state index in [2.05, 4.69) is 0 Å². The van der Waals surface area contributed by atoms with Crippen LogP contribution in [0.2, 0.25) is 0 Å². The molecule has 0 saturated heterocycles. The average molecular weight is 280 g/mol. The summed E-state index contributed by atoms with van der Waals surface area (Å²) in [7, 11) is 3.09. The van der Waals surface area contributed by atoms with Crippen molar-refractivity contribution >= 4 is 17.6 Å². The van der Waals surface area contributed by atoms with Crippen molar-refractivity contribution in [2.24, 2.45) is 0 Å². The lowest BCUT2D eigenvalue weighted by atomic mass is 10.1. The van der Waals surface area contributed by atoms with Crippen LogP contribution >= 0.6 is 0 Å². The quantitative estimate of drug-likeness (QED) is 0.474. The molecule has 0 radical (unpaired) electrons. The van der Waals surface area contributed by atoms with Gasteiger partial charge in [0.2, 0.25) is 0 Å². The van der Waals surface area contributed by atoms with E-state index in [1.165, 1.54) is 24.0 Å². The standard InChI is InChI=1S/C13H16N2O5/c1-8-5-6-10(7-11(8)15(18)19)13(17)20-9(2)12(16)14(3)4/h5-7,9H,1-4H3/t9-/m0/s1. The fraction of sp³-hybridized carbons (Fsp3) is 0.385. The number of nitro groups is 1. The number of likely N-dealkylation sites (N-methyl/N-ethyl adjacent to an activating group) is 1. The Morgan fingerprint density at radius 2 is 1.95 bits per heavy atom. The molecule has 1 amide bonds. The largest absolute Gasteiger partial charge is 0.449 e. The molecule has 20 heavy (non-hydrogen) atoms. The van der Waals surface area contributed by atoms with Crippen LogP contribution in [0, 0.1) is 17.0 Å². The maximum atomic E-state index is 11.9. The molecule has 0 aliphatic heterocycles. The Labute approximate surface area is 116 Å². The zero-order valence-corrected chi connectivity index (χ0v) is 11.7. The highest BCUT2D eigenvalue weighted by molar-refractivity contribution is 5.92. The number of hydrogen-bond acceptors (Lipinski definition) is 5. The first-order chi connectivity index (χ1) is 9.23. The van der Waals surface area contributed by atoms with E-state index in [-0.39, 0.29) is 17.2 Å². The molecule has 108 valence electrons. The first kappa shape index (κ1) is 15.6. The lowest BCUT2D eigenvalue weighted by molar-refractivity contribution is -0.385. The average Bonchev–Trinajstić information content (AvgIpc) is 2.37. The van der Waals surface area contributed by atoms with Gasteiger partial charge in [-0.05, 0) is 19.9 Å². The van der Waals surface area contributed by atoms with Crippen molar-refractivity contribution in [1.29, 1.82) is 0 Å². The number of ether oxygens (including phenoxy) is 1. The van der Waals surface area contributed by atoms with E-state index in [0.29, 0.717) is 5.56 Å². The third-order valence-electron chi connectivity index (χ3n) is 2.71. The maximum Gasteiger partial charge on any atom is 0.339 e. The van der Waals surface area contributed by atoms with Gasteiger partial charge in [-0.15, -0.1) is 0 Å². The van der Waals surface area contributed by atoms with Gasteiger partial charge in [-0.2, -0.15) is 0 Å². The highest BCUT2D eigenvalue weighted by atomic mass is 16.6. The molecule has 0 fully saturated rings. The van der Waals surface area contributed by atoms with Gasteiger partial charge in [-0.3, -0.25) is 14.9 Å². The van der Waals surface area contributed by atoms with Gasteiger partial charge in [-0.1, -0.05) is 6.07 Å². The summed E-state index contributed by atoms with van der Waals surface area (Å²) < 4.78 is 4.98. The molecule has 1 aromatic rings. The number of benzene rings is 1. The predicted molar refractivity (Wildman–Crippen MR) is 71.4 cm³/mol.